The van der Waals surface area contributed by atoms with Crippen molar-refractivity contribution in [2.75, 3.05) is 13.0 Å². The Morgan fingerprint density at radius 3 is 2.71 bits per heavy atom. The van der Waals surface area contributed by atoms with Crippen LogP contribution in [0.4, 0.5) is 0 Å². The first kappa shape index (κ1) is 7.20. The summed E-state index contributed by atoms with van der Waals surface area (Å²) < 4.78 is 0.627. The standard InChI is InChI=1S/C3H7NOS2/c1-7-3(6)4-2-5/h5H,2H2,1H3,(H,4,6). The van der Waals surface area contributed by atoms with Gasteiger partial charge in [0.1, 0.15) is 11.1 Å². The lowest BCUT2D eigenvalue weighted by Crippen LogP contribution is -2.18. The lowest BCUT2D eigenvalue weighted by Gasteiger charge is -1.96. The Bertz CT molecular complexity index is 66.0. The molecule has 0 unspecified atom stereocenters. The van der Waals surface area contributed by atoms with Gasteiger partial charge in [-0.1, -0.05) is 12.2 Å². The van der Waals surface area contributed by atoms with Gasteiger partial charge in [0.2, 0.25) is 0 Å². The summed E-state index contributed by atoms with van der Waals surface area (Å²) in [7, 11) is 0. The van der Waals surface area contributed by atoms with Gasteiger partial charge < -0.3 is 10.4 Å². The van der Waals surface area contributed by atoms with E-state index in [-0.39, 0.29) is 6.73 Å². The van der Waals surface area contributed by atoms with E-state index >= 15 is 0 Å². The van der Waals surface area contributed by atoms with Crippen molar-refractivity contribution in [2.45, 2.75) is 0 Å². The summed E-state index contributed by atoms with van der Waals surface area (Å²) in [4.78, 5) is 0. The van der Waals surface area contributed by atoms with Crippen molar-refractivity contribution in [3.63, 3.8) is 0 Å². The highest BCUT2D eigenvalue weighted by atomic mass is 32.2. The molecular weight excluding hydrogens is 130 g/mol. The number of hydrogen-bond donors (Lipinski definition) is 2. The van der Waals surface area contributed by atoms with Crippen LogP contribution in [0.5, 0.6) is 0 Å². The molecule has 0 heterocycles. The van der Waals surface area contributed by atoms with Gasteiger partial charge in [-0.2, -0.15) is 0 Å². The summed E-state index contributed by atoms with van der Waals surface area (Å²) in [6.07, 6.45) is 1.85. The van der Waals surface area contributed by atoms with E-state index in [1.807, 2.05) is 6.26 Å². The lowest BCUT2D eigenvalue weighted by atomic mass is 11.2. The Morgan fingerprint density at radius 2 is 2.57 bits per heavy atom. The summed E-state index contributed by atoms with van der Waals surface area (Å²) >= 11 is 6.06. The minimum Gasteiger partial charge on any atom is -0.377 e. The first-order valence-corrected chi connectivity index (χ1v) is 3.37. The fraction of sp³-hybridized carbons (Fsp3) is 0.667. The van der Waals surface area contributed by atoms with Gasteiger partial charge in [0.25, 0.3) is 0 Å². The van der Waals surface area contributed by atoms with Crippen molar-refractivity contribution in [3.05, 3.63) is 0 Å². The number of rotatable bonds is 1. The van der Waals surface area contributed by atoms with Crippen molar-refractivity contribution in [2.24, 2.45) is 0 Å². The molecule has 2 nitrogen and oxygen atoms in total. The van der Waals surface area contributed by atoms with Gasteiger partial charge in [-0.05, 0) is 6.26 Å². The predicted octanol–water partition coefficient (Wildman–Crippen LogP) is 0.174. The molecule has 7 heavy (non-hydrogen) atoms. The highest BCUT2D eigenvalue weighted by molar-refractivity contribution is 8.22. The molecule has 0 aliphatic carbocycles. The molecule has 0 atom stereocenters. The molecule has 0 amide bonds. The molecule has 42 valence electrons. The summed E-state index contributed by atoms with van der Waals surface area (Å²) in [6, 6.07) is 0. The van der Waals surface area contributed by atoms with Crippen molar-refractivity contribution < 1.29 is 5.11 Å². The Morgan fingerprint density at radius 1 is 2.00 bits per heavy atom. The van der Waals surface area contributed by atoms with E-state index < -0.39 is 0 Å². The second kappa shape index (κ2) is 4.36. The van der Waals surface area contributed by atoms with Crippen LogP contribution in [0.3, 0.4) is 0 Å². The monoisotopic (exact) mass is 137 g/mol. The Hall–Kier alpha value is 0.200. The molecule has 4 heteroatoms. The minimum absolute atomic E-state index is 0.0698. The van der Waals surface area contributed by atoms with Crippen molar-refractivity contribution in [1.29, 1.82) is 0 Å². The third-order valence-corrected chi connectivity index (χ3v) is 1.57. The largest absolute Gasteiger partial charge is 0.377 e. The molecule has 0 fully saturated rings. The molecule has 0 aromatic carbocycles. The molecule has 0 spiro atoms. The van der Waals surface area contributed by atoms with Gasteiger partial charge in [-0.15, -0.1) is 11.8 Å². The topological polar surface area (TPSA) is 32.3 Å². The third-order valence-electron chi connectivity index (χ3n) is 0.409. The van der Waals surface area contributed by atoms with Crippen LogP contribution in [0.15, 0.2) is 0 Å². The van der Waals surface area contributed by atoms with Crippen LogP contribution >= 0.6 is 24.0 Å². The Balaban J connectivity index is 3.00. The van der Waals surface area contributed by atoms with Crippen LogP contribution < -0.4 is 5.32 Å². The minimum atomic E-state index is -0.0698. The quantitative estimate of drug-likeness (QED) is 0.399. The third kappa shape index (κ3) is 4.04. The molecule has 0 aromatic rings. The molecule has 0 saturated heterocycles. The van der Waals surface area contributed by atoms with Crippen molar-refractivity contribution in [3.8, 4) is 0 Å². The smallest absolute Gasteiger partial charge is 0.135 e. The van der Waals surface area contributed by atoms with Gasteiger partial charge in [-0.25, -0.2) is 0 Å². The number of thiocarbonyl (C=S) groups is 1. The molecule has 0 aliphatic heterocycles. The second-order valence-electron chi connectivity index (χ2n) is 0.826. The van der Waals surface area contributed by atoms with Crippen LogP contribution in [0.25, 0.3) is 0 Å². The van der Waals surface area contributed by atoms with Gasteiger partial charge >= 0.3 is 0 Å². The molecule has 2 N–H and O–H groups in total. The summed E-state index contributed by atoms with van der Waals surface area (Å²) in [5, 5.41) is 10.7. The maximum absolute atomic E-state index is 8.16. The molecule has 0 saturated carbocycles. The van der Waals surface area contributed by atoms with Gasteiger partial charge in [0.15, 0.2) is 0 Å². The second-order valence-corrected chi connectivity index (χ2v) is 2.31. The van der Waals surface area contributed by atoms with Crippen LogP contribution in [-0.4, -0.2) is 22.4 Å². The molecule has 0 aliphatic rings. The number of thioether (sulfide) groups is 1. The van der Waals surface area contributed by atoms with Crippen molar-refractivity contribution >= 4 is 28.3 Å². The summed E-state index contributed by atoms with van der Waals surface area (Å²) in [5.41, 5.74) is 0. The van der Waals surface area contributed by atoms with E-state index in [0.29, 0.717) is 4.32 Å². The van der Waals surface area contributed by atoms with E-state index in [1.165, 1.54) is 11.8 Å². The summed E-state index contributed by atoms with van der Waals surface area (Å²) in [6.45, 7) is -0.0698. The normalized spacial score (nSPS) is 8.29. The maximum Gasteiger partial charge on any atom is 0.135 e. The Labute approximate surface area is 52.3 Å². The molecular formula is C3H7NOS2. The van der Waals surface area contributed by atoms with Gasteiger partial charge in [0.05, 0.1) is 0 Å². The fourth-order valence-corrected chi connectivity index (χ4v) is 0.410. The zero-order chi connectivity index (χ0) is 5.70. The molecule has 0 bridgehead atoms. The number of nitrogens with one attached hydrogen (secondary N) is 1. The highest BCUT2D eigenvalue weighted by Crippen LogP contribution is 1.90. The maximum atomic E-state index is 8.16. The molecule has 0 radical (unpaired) electrons. The number of aliphatic hydroxyl groups excluding tert-OH is 1. The van der Waals surface area contributed by atoms with Crippen molar-refractivity contribution in [1.82, 2.24) is 5.32 Å². The zero-order valence-electron chi connectivity index (χ0n) is 3.97. The SMILES string of the molecule is CSC(=S)NCO. The predicted molar refractivity (Wildman–Crippen MR) is 36.3 cm³/mol. The first-order chi connectivity index (χ1) is 3.31. The first-order valence-electron chi connectivity index (χ1n) is 1.74. The molecule has 0 aromatic heterocycles. The van der Waals surface area contributed by atoms with Crippen LogP contribution in [-0.2, 0) is 0 Å². The van der Waals surface area contributed by atoms with E-state index in [4.69, 9.17) is 5.11 Å². The van der Waals surface area contributed by atoms with Crippen LogP contribution in [0.1, 0.15) is 0 Å². The number of hydrogen-bond acceptors (Lipinski definition) is 3. The van der Waals surface area contributed by atoms with E-state index in [9.17, 15) is 0 Å². The summed E-state index contributed by atoms with van der Waals surface area (Å²) in [5.74, 6) is 0. The average molecular weight is 137 g/mol. The number of aliphatic hydroxyl groups is 1. The van der Waals surface area contributed by atoms with E-state index in [1.54, 1.807) is 0 Å². The van der Waals surface area contributed by atoms with Crippen LogP contribution in [0, 0.1) is 0 Å². The van der Waals surface area contributed by atoms with Gasteiger partial charge in [-0.3, -0.25) is 0 Å². The van der Waals surface area contributed by atoms with E-state index in [0.717, 1.165) is 0 Å². The highest BCUT2D eigenvalue weighted by Gasteiger charge is 1.84. The molecule has 0 rings (SSSR count). The lowest BCUT2D eigenvalue weighted by molar-refractivity contribution is 0.288. The van der Waals surface area contributed by atoms with E-state index in [2.05, 4.69) is 17.5 Å². The average Bonchev–Trinajstić information content (AvgIpc) is 1.68. The Kier molecular flexibility index (Phi) is 4.49. The zero-order valence-corrected chi connectivity index (χ0v) is 5.60. The van der Waals surface area contributed by atoms with Crippen LogP contribution in [0.2, 0.25) is 0 Å². The van der Waals surface area contributed by atoms with Gasteiger partial charge in [0, 0.05) is 0 Å². The fourth-order valence-electron chi connectivity index (χ4n) is 0.137.